The Labute approximate surface area is 345 Å². The lowest BCUT2D eigenvalue weighted by Crippen LogP contribution is -2.12. The van der Waals surface area contributed by atoms with Gasteiger partial charge in [0.1, 0.15) is 5.58 Å². The lowest BCUT2D eigenvalue weighted by Gasteiger charge is -2.29. The van der Waals surface area contributed by atoms with Crippen LogP contribution in [-0.2, 0) is 0 Å². The normalized spacial score (nSPS) is 11.7. The highest BCUT2D eigenvalue weighted by molar-refractivity contribution is 7.25. The topological polar surface area (TPSA) is 16.4 Å². The molecule has 59 heavy (non-hydrogen) atoms. The first-order valence-corrected chi connectivity index (χ1v) is 20.9. The molecule has 2 heterocycles. The lowest BCUT2D eigenvalue weighted by atomic mass is 9.91. The highest BCUT2D eigenvalue weighted by Crippen LogP contribution is 2.48. The summed E-state index contributed by atoms with van der Waals surface area (Å²) in [7, 11) is 0. The van der Waals surface area contributed by atoms with Crippen LogP contribution in [0.2, 0.25) is 0 Å². The van der Waals surface area contributed by atoms with Crippen molar-refractivity contribution >= 4 is 92.1 Å². The molecule has 276 valence electrons. The third kappa shape index (κ3) is 5.55. The number of thiophene rings is 1. The summed E-state index contributed by atoms with van der Waals surface area (Å²) in [5, 5.41) is 9.75. The fraction of sp³-hybridized carbons (Fsp3) is 0. The minimum atomic E-state index is 0.853. The van der Waals surface area contributed by atoms with Crippen molar-refractivity contribution in [3.05, 3.63) is 212 Å². The summed E-state index contributed by atoms with van der Waals surface area (Å²) in [5.74, 6) is 0. The van der Waals surface area contributed by atoms with Gasteiger partial charge < -0.3 is 9.32 Å². The van der Waals surface area contributed by atoms with E-state index in [1.54, 1.807) is 0 Å². The zero-order valence-corrected chi connectivity index (χ0v) is 32.8. The molecule has 0 atom stereocenters. The lowest BCUT2D eigenvalue weighted by molar-refractivity contribution is 0.669. The number of hydrogen-bond donors (Lipinski definition) is 0. The van der Waals surface area contributed by atoms with E-state index >= 15 is 0 Å². The maximum Gasteiger partial charge on any atom is 0.159 e. The van der Waals surface area contributed by atoms with Crippen molar-refractivity contribution in [3.8, 4) is 33.4 Å². The number of benzene rings is 10. The Balaban J connectivity index is 1.14. The van der Waals surface area contributed by atoms with Crippen LogP contribution in [0.15, 0.2) is 217 Å². The van der Waals surface area contributed by atoms with Gasteiger partial charge in [0.15, 0.2) is 5.58 Å². The largest absolute Gasteiger partial charge is 0.454 e. The van der Waals surface area contributed by atoms with E-state index in [0.29, 0.717) is 0 Å². The molecule has 0 N–H and O–H groups in total. The molecule has 0 aliphatic carbocycles. The van der Waals surface area contributed by atoms with Gasteiger partial charge in [0.2, 0.25) is 0 Å². The molecule has 2 aromatic heterocycles. The second-order valence-corrected chi connectivity index (χ2v) is 16.3. The van der Waals surface area contributed by atoms with Gasteiger partial charge in [-0.15, -0.1) is 11.3 Å². The van der Waals surface area contributed by atoms with Crippen LogP contribution in [0.1, 0.15) is 0 Å². The SMILES string of the molecule is c1ccc(-c2ccc(-c3cc4ccccc4c4ccccc34)cc2N(c2cccc(-c3ccc4sc5ccccc5c4c3)c2)c2cccc3c2oc2ccccc23)cc1. The number of furan rings is 1. The van der Waals surface area contributed by atoms with Crippen LogP contribution in [0.3, 0.4) is 0 Å². The van der Waals surface area contributed by atoms with Crippen molar-refractivity contribution in [2.45, 2.75) is 0 Å². The zero-order chi connectivity index (χ0) is 38.9. The van der Waals surface area contributed by atoms with E-state index in [1.807, 2.05) is 17.4 Å². The van der Waals surface area contributed by atoms with Gasteiger partial charge in [-0.05, 0) is 104 Å². The minimum Gasteiger partial charge on any atom is -0.454 e. The number of para-hydroxylation sites is 2. The fourth-order valence-corrected chi connectivity index (χ4v) is 10.2. The van der Waals surface area contributed by atoms with E-state index in [-0.39, 0.29) is 0 Å². The molecule has 2 nitrogen and oxygen atoms in total. The average Bonchev–Trinajstić information content (AvgIpc) is 3.88. The van der Waals surface area contributed by atoms with Crippen molar-refractivity contribution < 1.29 is 4.42 Å². The number of hydrogen-bond acceptors (Lipinski definition) is 3. The molecule has 0 aliphatic rings. The molecule has 12 aromatic rings. The summed E-state index contributed by atoms with van der Waals surface area (Å²) in [6, 6.07) is 77.1. The Morgan fingerprint density at radius 3 is 1.90 bits per heavy atom. The molecular formula is C56H35NOS. The van der Waals surface area contributed by atoms with Gasteiger partial charge in [-0.2, -0.15) is 0 Å². The van der Waals surface area contributed by atoms with Crippen molar-refractivity contribution in [2.75, 3.05) is 4.90 Å². The number of fused-ring (bicyclic) bond motifs is 9. The third-order valence-corrected chi connectivity index (χ3v) is 13.0. The van der Waals surface area contributed by atoms with E-state index in [1.165, 1.54) is 52.8 Å². The van der Waals surface area contributed by atoms with Crippen LogP contribution < -0.4 is 4.90 Å². The van der Waals surface area contributed by atoms with Gasteiger partial charge in [0.25, 0.3) is 0 Å². The third-order valence-electron chi connectivity index (χ3n) is 11.8. The summed E-state index contributed by atoms with van der Waals surface area (Å²) in [4.78, 5) is 2.42. The Morgan fingerprint density at radius 2 is 1.00 bits per heavy atom. The van der Waals surface area contributed by atoms with E-state index < -0.39 is 0 Å². The molecule has 0 radical (unpaired) electrons. The number of rotatable bonds is 6. The minimum absolute atomic E-state index is 0.853. The smallest absolute Gasteiger partial charge is 0.159 e. The zero-order valence-electron chi connectivity index (χ0n) is 32.0. The first-order chi connectivity index (χ1) is 29.2. The molecule has 0 spiro atoms. The fourth-order valence-electron chi connectivity index (χ4n) is 9.09. The average molecular weight is 770 g/mol. The standard InChI is InChI=1S/C56H35NOS/c1-2-14-36(15-3-1)43-30-28-40(49-34-39-16-4-5-19-42(39)44-20-6-7-21-45(44)49)35-52(43)57(51-25-13-24-48-46-22-8-10-26-53(46)58-56(48)51)41-18-12-17-37(32-41)38-29-31-55-50(33-38)47-23-9-11-27-54(47)59-55/h1-35H. The van der Waals surface area contributed by atoms with Crippen LogP contribution >= 0.6 is 11.3 Å². The Bertz CT molecular complexity index is 3580. The highest BCUT2D eigenvalue weighted by Gasteiger charge is 2.24. The predicted molar refractivity (Wildman–Crippen MR) is 253 cm³/mol. The van der Waals surface area contributed by atoms with E-state index in [9.17, 15) is 0 Å². The molecule has 0 saturated heterocycles. The van der Waals surface area contributed by atoms with Gasteiger partial charge in [0, 0.05) is 42.2 Å². The molecule has 0 fully saturated rings. The second kappa shape index (κ2) is 13.6. The first-order valence-electron chi connectivity index (χ1n) is 20.1. The number of anilines is 3. The molecule has 0 unspecified atom stereocenters. The van der Waals surface area contributed by atoms with Crippen molar-refractivity contribution in [3.63, 3.8) is 0 Å². The van der Waals surface area contributed by atoms with Crippen LogP contribution in [-0.4, -0.2) is 0 Å². The second-order valence-electron chi connectivity index (χ2n) is 15.2. The summed E-state index contributed by atoms with van der Waals surface area (Å²) in [5.41, 5.74) is 11.8. The predicted octanol–water partition coefficient (Wildman–Crippen LogP) is 16.7. The quantitative estimate of drug-likeness (QED) is 0.157. The Hall–Kier alpha value is -7.46. The van der Waals surface area contributed by atoms with Gasteiger partial charge >= 0.3 is 0 Å². The Kier molecular flexibility index (Phi) is 7.75. The molecule has 0 aliphatic heterocycles. The first kappa shape index (κ1) is 33.7. The number of nitrogens with zero attached hydrogens (tertiary/aromatic N) is 1. The van der Waals surface area contributed by atoms with Gasteiger partial charge in [0.05, 0.1) is 11.4 Å². The van der Waals surface area contributed by atoms with Gasteiger partial charge in [-0.3, -0.25) is 0 Å². The molecule has 0 saturated carbocycles. The molecule has 10 aromatic carbocycles. The maximum atomic E-state index is 6.83. The Morgan fingerprint density at radius 1 is 0.339 bits per heavy atom. The molecule has 0 bridgehead atoms. The summed E-state index contributed by atoms with van der Waals surface area (Å²) in [6.07, 6.45) is 0. The van der Waals surface area contributed by atoms with Crippen molar-refractivity contribution in [1.29, 1.82) is 0 Å². The van der Waals surface area contributed by atoms with Crippen LogP contribution in [0.5, 0.6) is 0 Å². The van der Waals surface area contributed by atoms with E-state index in [2.05, 4.69) is 211 Å². The molecule has 0 amide bonds. The van der Waals surface area contributed by atoms with Crippen molar-refractivity contribution in [2.24, 2.45) is 0 Å². The van der Waals surface area contributed by atoms with Crippen LogP contribution in [0.25, 0.3) is 97.0 Å². The highest BCUT2D eigenvalue weighted by atomic mass is 32.1. The maximum absolute atomic E-state index is 6.83. The molecule has 12 rings (SSSR count). The van der Waals surface area contributed by atoms with E-state index in [0.717, 1.165) is 61.3 Å². The van der Waals surface area contributed by atoms with Gasteiger partial charge in [-0.25, -0.2) is 0 Å². The van der Waals surface area contributed by atoms with Crippen molar-refractivity contribution in [1.82, 2.24) is 0 Å². The monoisotopic (exact) mass is 769 g/mol. The molecule has 3 heteroatoms. The van der Waals surface area contributed by atoms with Gasteiger partial charge in [-0.1, -0.05) is 158 Å². The van der Waals surface area contributed by atoms with Crippen LogP contribution in [0, 0.1) is 0 Å². The summed E-state index contributed by atoms with van der Waals surface area (Å²) >= 11 is 1.85. The van der Waals surface area contributed by atoms with Crippen LogP contribution in [0.4, 0.5) is 17.1 Å². The molecular weight excluding hydrogens is 735 g/mol. The summed E-state index contributed by atoms with van der Waals surface area (Å²) in [6.45, 7) is 0. The van der Waals surface area contributed by atoms with E-state index in [4.69, 9.17) is 4.42 Å². The summed E-state index contributed by atoms with van der Waals surface area (Å²) < 4.78 is 9.44.